The molecule has 2 nitrogen and oxygen atoms in total. The van der Waals surface area contributed by atoms with Gasteiger partial charge in [0.05, 0.1) is 6.04 Å². The largest absolute Gasteiger partial charge is 0.326 e. The Balaban J connectivity index is 2.30. The van der Waals surface area contributed by atoms with Crippen LogP contribution >= 0.6 is 0 Å². The van der Waals surface area contributed by atoms with Gasteiger partial charge >= 0.3 is 0 Å². The van der Waals surface area contributed by atoms with Crippen molar-refractivity contribution in [3.8, 4) is 0 Å². The lowest BCUT2D eigenvalue weighted by Crippen LogP contribution is -2.40. The predicted octanol–water partition coefficient (Wildman–Crippen LogP) is 3.36. The molecule has 4 atom stereocenters. The Labute approximate surface area is 118 Å². The van der Waals surface area contributed by atoms with Crippen molar-refractivity contribution in [2.45, 2.75) is 46.2 Å². The average molecular weight is 260 g/mol. The van der Waals surface area contributed by atoms with E-state index >= 15 is 0 Å². The molecule has 19 heavy (non-hydrogen) atoms. The summed E-state index contributed by atoms with van der Waals surface area (Å²) in [6.07, 6.45) is 1.03. The summed E-state index contributed by atoms with van der Waals surface area (Å²) in [5, 5.41) is 0. The van der Waals surface area contributed by atoms with E-state index in [0.717, 1.165) is 18.3 Å². The van der Waals surface area contributed by atoms with Crippen LogP contribution in [-0.4, -0.2) is 24.0 Å². The Kier molecular flexibility index (Phi) is 4.64. The van der Waals surface area contributed by atoms with Crippen molar-refractivity contribution in [1.29, 1.82) is 0 Å². The van der Waals surface area contributed by atoms with Crippen LogP contribution in [0.3, 0.4) is 0 Å². The number of hydrogen-bond acceptors (Lipinski definition) is 2. The van der Waals surface area contributed by atoms with Gasteiger partial charge in [-0.25, -0.2) is 0 Å². The molecule has 1 aliphatic rings. The van der Waals surface area contributed by atoms with Gasteiger partial charge in [-0.2, -0.15) is 0 Å². The summed E-state index contributed by atoms with van der Waals surface area (Å²) >= 11 is 0. The van der Waals surface area contributed by atoms with Crippen molar-refractivity contribution in [1.82, 2.24) is 4.90 Å². The van der Waals surface area contributed by atoms with Gasteiger partial charge in [0, 0.05) is 19.1 Å². The molecule has 0 bridgehead atoms. The second-order valence-corrected chi connectivity index (χ2v) is 6.28. The van der Waals surface area contributed by atoms with Crippen LogP contribution in [0, 0.1) is 18.8 Å². The number of benzene rings is 1. The van der Waals surface area contributed by atoms with Crippen molar-refractivity contribution < 1.29 is 0 Å². The smallest absolute Gasteiger partial charge is 0.0501 e. The predicted molar refractivity (Wildman–Crippen MR) is 82.1 cm³/mol. The first-order valence-corrected chi connectivity index (χ1v) is 7.59. The third kappa shape index (κ3) is 3.01. The fraction of sp³-hybridized carbons (Fsp3) is 0.647. The highest BCUT2D eigenvalue weighted by Crippen LogP contribution is 2.34. The molecular weight excluding hydrogens is 232 g/mol. The van der Waals surface area contributed by atoms with E-state index in [0.29, 0.717) is 6.04 Å². The molecule has 0 spiro atoms. The first-order chi connectivity index (χ1) is 9.04. The average Bonchev–Trinajstić information content (AvgIpc) is 2.71. The molecule has 1 fully saturated rings. The van der Waals surface area contributed by atoms with Gasteiger partial charge in [-0.15, -0.1) is 0 Å². The molecule has 1 heterocycles. The summed E-state index contributed by atoms with van der Waals surface area (Å²) in [4.78, 5) is 2.60. The van der Waals surface area contributed by atoms with Crippen LogP contribution in [-0.2, 0) is 0 Å². The van der Waals surface area contributed by atoms with Gasteiger partial charge in [-0.3, -0.25) is 4.90 Å². The molecule has 2 N–H and O–H groups in total. The summed E-state index contributed by atoms with van der Waals surface area (Å²) in [6.45, 7) is 11.5. The van der Waals surface area contributed by atoms with Crippen molar-refractivity contribution in [2.24, 2.45) is 17.6 Å². The lowest BCUT2D eigenvalue weighted by molar-refractivity contribution is 0.200. The Bertz CT molecular complexity index is 405. The number of hydrogen-bond donors (Lipinski definition) is 1. The minimum atomic E-state index is 0.221. The third-order valence-corrected chi connectivity index (χ3v) is 4.79. The van der Waals surface area contributed by atoms with Crippen LogP contribution in [0.25, 0.3) is 0 Å². The van der Waals surface area contributed by atoms with E-state index < -0.39 is 0 Å². The molecule has 4 unspecified atom stereocenters. The van der Waals surface area contributed by atoms with Crippen molar-refractivity contribution in [3.63, 3.8) is 0 Å². The van der Waals surface area contributed by atoms with Crippen LogP contribution in [0.4, 0.5) is 0 Å². The van der Waals surface area contributed by atoms with Crippen molar-refractivity contribution in [2.75, 3.05) is 13.1 Å². The van der Waals surface area contributed by atoms with E-state index in [4.69, 9.17) is 5.73 Å². The Morgan fingerprint density at radius 1 is 1.21 bits per heavy atom. The van der Waals surface area contributed by atoms with Crippen LogP contribution in [0.15, 0.2) is 24.3 Å². The number of rotatable bonds is 4. The molecular formula is C17H28N2. The summed E-state index contributed by atoms with van der Waals surface area (Å²) in [6, 6.07) is 9.30. The molecule has 1 aromatic carbocycles. The van der Waals surface area contributed by atoms with E-state index in [1.807, 2.05) is 0 Å². The highest BCUT2D eigenvalue weighted by molar-refractivity contribution is 5.30. The number of nitrogens with zero attached hydrogens (tertiary/aromatic N) is 1. The maximum absolute atomic E-state index is 6.45. The van der Waals surface area contributed by atoms with Crippen LogP contribution in [0.2, 0.25) is 0 Å². The van der Waals surface area contributed by atoms with Gasteiger partial charge in [0.1, 0.15) is 0 Å². The summed E-state index contributed by atoms with van der Waals surface area (Å²) in [5.41, 5.74) is 9.23. The van der Waals surface area contributed by atoms with E-state index in [1.54, 1.807) is 0 Å². The lowest BCUT2D eigenvalue weighted by atomic mass is 9.93. The zero-order chi connectivity index (χ0) is 14.0. The number of aryl methyl sites for hydroxylation is 1. The highest BCUT2D eigenvalue weighted by Gasteiger charge is 2.34. The molecule has 0 amide bonds. The van der Waals surface area contributed by atoms with Gasteiger partial charge in [0.2, 0.25) is 0 Å². The number of likely N-dealkylation sites (tertiary alicyclic amines) is 1. The molecule has 0 aliphatic carbocycles. The zero-order valence-corrected chi connectivity index (χ0v) is 12.8. The first-order valence-electron chi connectivity index (χ1n) is 7.59. The van der Waals surface area contributed by atoms with Crippen LogP contribution < -0.4 is 5.73 Å². The number of nitrogens with two attached hydrogens (primary N) is 1. The third-order valence-electron chi connectivity index (χ3n) is 4.79. The topological polar surface area (TPSA) is 29.3 Å². The standard InChI is InChI=1S/C17H28N2/c1-5-16(18)17(15-9-7-6-8-12(15)2)19-10-13(3)14(4)11-19/h6-9,13-14,16-17H,5,10-11,18H2,1-4H3. The normalized spacial score (nSPS) is 27.4. The second kappa shape index (κ2) is 6.06. The molecule has 2 heteroatoms. The van der Waals surface area contributed by atoms with Gasteiger partial charge < -0.3 is 5.73 Å². The zero-order valence-electron chi connectivity index (χ0n) is 12.8. The minimum absolute atomic E-state index is 0.221. The summed E-state index contributed by atoms with van der Waals surface area (Å²) < 4.78 is 0. The second-order valence-electron chi connectivity index (χ2n) is 6.28. The highest BCUT2D eigenvalue weighted by atomic mass is 15.2. The molecule has 1 aliphatic heterocycles. The molecule has 2 rings (SSSR count). The van der Waals surface area contributed by atoms with E-state index in [-0.39, 0.29) is 6.04 Å². The van der Waals surface area contributed by atoms with E-state index in [1.165, 1.54) is 24.2 Å². The Morgan fingerprint density at radius 3 is 2.32 bits per heavy atom. The van der Waals surface area contributed by atoms with E-state index in [2.05, 4.69) is 56.9 Å². The van der Waals surface area contributed by atoms with Gasteiger partial charge in [-0.05, 0) is 36.3 Å². The molecule has 0 radical (unpaired) electrons. The molecule has 106 valence electrons. The summed E-state index contributed by atoms with van der Waals surface area (Å²) in [5.74, 6) is 1.55. The van der Waals surface area contributed by atoms with Crippen LogP contribution in [0.1, 0.15) is 44.4 Å². The van der Waals surface area contributed by atoms with Crippen LogP contribution in [0.5, 0.6) is 0 Å². The Hall–Kier alpha value is -0.860. The fourth-order valence-corrected chi connectivity index (χ4v) is 3.24. The fourth-order valence-electron chi connectivity index (χ4n) is 3.24. The lowest BCUT2D eigenvalue weighted by Gasteiger charge is -2.33. The molecule has 0 aromatic heterocycles. The Morgan fingerprint density at radius 2 is 1.79 bits per heavy atom. The summed E-state index contributed by atoms with van der Waals surface area (Å²) in [7, 11) is 0. The first kappa shape index (κ1) is 14.5. The van der Waals surface area contributed by atoms with Gasteiger partial charge in [-0.1, -0.05) is 45.0 Å². The SMILES string of the molecule is CCC(N)C(c1ccccc1C)N1CC(C)C(C)C1. The minimum Gasteiger partial charge on any atom is -0.326 e. The monoisotopic (exact) mass is 260 g/mol. The van der Waals surface area contributed by atoms with Gasteiger partial charge in [0.15, 0.2) is 0 Å². The van der Waals surface area contributed by atoms with Crippen molar-refractivity contribution in [3.05, 3.63) is 35.4 Å². The maximum atomic E-state index is 6.45. The maximum Gasteiger partial charge on any atom is 0.0501 e. The van der Waals surface area contributed by atoms with Gasteiger partial charge in [0.25, 0.3) is 0 Å². The molecule has 1 saturated heterocycles. The van der Waals surface area contributed by atoms with Crippen molar-refractivity contribution >= 4 is 0 Å². The quantitative estimate of drug-likeness (QED) is 0.899. The molecule has 0 saturated carbocycles. The van der Waals surface area contributed by atoms with E-state index in [9.17, 15) is 0 Å². The molecule has 1 aromatic rings.